The summed E-state index contributed by atoms with van der Waals surface area (Å²) in [7, 11) is 0. The molecular formula is C37H23N7. The van der Waals surface area contributed by atoms with Gasteiger partial charge in [-0.2, -0.15) is 20.7 Å². The van der Waals surface area contributed by atoms with Crippen molar-refractivity contribution in [1.82, 2.24) is 24.5 Å². The lowest BCUT2D eigenvalue weighted by Crippen LogP contribution is -2.07. The van der Waals surface area contributed by atoms with Crippen LogP contribution in [0.4, 0.5) is 0 Å². The quantitative estimate of drug-likeness (QED) is 0.204. The Morgan fingerprint density at radius 1 is 0.432 bits per heavy atom. The summed E-state index contributed by atoms with van der Waals surface area (Å²) in [5.74, 6) is 1.27. The van der Waals surface area contributed by atoms with Gasteiger partial charge in [0.15, 0.2) is 11.6 Å². The summed E-state index contributed by atoms with van der Waals surface area (Å²) in [6.45, 7) is 0. The fraction of sp³-hybridized carbons (Fsp3) is 0. The molecule has 0 unspecified atom stereocenters. The molecule has 7 rings (SSSR count). The van der Waals surface area contributed by atoms with E-state index in [1.807, 2.05) is 125 Å². The minimum atomic E-state index is 0.597. The molecule has 0 aliphatic carbocycles. The number of rotatable bonds is 6. The lowest BCUT2D eigenvalue weighted by molar-refractivity contribution is 0.813. The summed E-state index contributed by atoms with van der Waals surface area (Å²) in [4.78, 5) is 5.07. The van der Waals surface area contributed by atoms with Gasteiger partial charge in [-0.3, -0.25) is 0 Å². The zero-order chi connectivity index (χ0) is 29.9. The Balaban J connectivity index is 1.37. The summed E-state index contributed by atoms with van der Waals surface area (Å²) in [5.41, 5.74) is 8.31. The molecule has 7 aromatic rings. The molecule has 0 fully saturated rings. The molecule has 3 heterocycles. The molecule has 0 aliphatic rings. The van der Waals surface area contributed by atoms with Gasteiger partial charge in [-0.1, -0.05) is 91.0 Å². The Hall–Kier alpha value is -6.57. The van der Waals surface area contributed by atoms with Crippen LogP contribution in [0.2, 0.25) is 0 Å². The van der Waals surface area contributed by atoms with Crippen molar-refractivity contribution in [3.63, 3.8) is 0 Å². The van der Waals surface area contributed by atoms with Gasteiger partial charge in [0.1, 0.15) is 0 Å². The van der Waals surface area contributed by atoms with Crippen molar-refractivity contribution in [1.29, 1.82) is 10.5 Å². The van der Waals surface area contributed by atoms with Gasteiger partial charge in [0.2, 0.25) is 0 Å². The summed E-state index contributed by atoms with van der Waals surface area (Å²) >= 11 is 0. The Morgan fingerprint density at radius 3 is 1.23 bits per heavy atom. The van der Waals surface area contributed by atoms with Gasteiger partial charge in [0.05, 0.1) is 46.0 Å². The summed E-state index contributed by atoms with van der Waals surface area (Å²) in [6, 6.07) is 49.2. The Labute approximate surface area is 254 Å². The van der Waals surface area contributed by atoms with E-state index in [-0.39, 0.29) is 0 Å². The first kappa shape index (κ1) is 26.3. The lowest BCUT2D eigenvalue weighted by Gasteiger charge is -2.11. The van der Waals surface area contributed by atoms with E-state index < -0.39 is 0 Å². The average molecular weight is 566 g/mol. The third-order valence-corrected chi connectivity index (χ3v) is 7.33. The molecule has 0 saturated heterocycles. The van der Waals surface area contributed by atoms with Crippen molar-refractivity contribution in [2.45, 2.75) is 0 Å². The molecule has 3 aromatic heterocycles. The molecule has 0 amide bonds. The third kappa shape index (κ3) is 5.02. The Bertz CT molecular complexity index is 2010. The second-order valence-electron chi connectivity index (χ2n) is 10.1. The van der Waals surface area contributed by atoms with E-state index in [9.17, 15) is 10.5 Å². The minimum absolute atomic E-state index is 0.597. The Morgan fingerprint density at radius 2 is 0.841 bits per heavy atom. The third-order valence-electron chi connectivity index (χ3n) is 7.33. The number of pyridine rings is 1. The maximum Gasteiger partial charge on any atom is 0.156 e. The van der Waals surface area contributed by atoms with Crippen molar-refractivity contribution in [2.24, 2.45) is 0 Å². The number of nitriles is 2. The smallest absolute Gasteiger partial charge is 0.156 e. The van der Waals surface area contributed by atoms with Crippen LogP contribution in [0, 0.1) is 22.7 Å². The molecule has 44 heavy (non-hydrogen) atoms. The second kappa shape index (κ2) is 11.4. The monoisotopic (exact) mass is 565 g/mol. The van der Waals surface area contributed by atoms with E-state index >= 15 is 0 Å². The summed E-state index contributed by atoms with van der Waals surface area (Å²) < 4.78 is 3.69. The molecule has 7 heteroatoms. The first-order valence-electron chi connectivity index (χ1n) is 14.0. The molecule has 206 valence electrons. The molecule has 0 bridgehead atoms. The van der Waals surface area contributed by atoms with Gasteiger partial charge in [-0.25, -0.2) is 14.3 Å². The predicted octanol–water partition coefficient (Wildman–Crippen LogP) is 7.86. The standard InChI is InChI=1S/C37H23N7/c38-24-26-14-18-28(19-15-26)32-22-34(30-8-3-1-4-9-30)43(41-32)36-12-7-13-37(40-36)44-35(31-10-5-2-6-11-31)23-33(42-44)29-20-16-27(25-39)17-21-29/h1-23H. The van der Waals surface area contributed by atoms with Crippen molar-refractivity contribution < 1.29 is 0 Å². The van der Waals surface area contributed by atoms with Crippen molar-refractivity contribution >= 4 is 0 Å². The van der Waals surface area contributed by atoms with Gasteiger partial charge >= 0.3 is 0 Å². The minimum Gasteiger partial charge on any atom is -0.214 e. The molecule has 0 radical (unpaired) electrons. The normalized spacial score (nSPS) is 10.7. The molecule has 0 aliphatic heterocycles. The maximum absolute atomic E-state index is 9.25. The molecular weight excluding hydrogens is 542 g/mol. The topological polar surface area (TPSA) is 96.1 Å². The van der Waals surface area contributed by atoms with Gasteiger partial charge in [-0.05, 0) is 48.5 Å². The molecule has 7 nitrogen and oxygen atoms in total. The van der Waals surface area contributed by atoms with E-state index in [1.165, 1.54) is 0 Å². The number of aromatic nitrogens is 5. The van der Waals surface area contributed by atoms with Crippen molar-refractivity contribution in [3.05, 3.63) is 151 Å². The van der Waals surface area contributed by atoms with Crippen LogP contribution in [0.25, 0.3) is 56.7 Å². The van der Waals surface area contributed by atoms with Gasteiger partial charge in [0.25, 0.3) is 0 Å². The van der Waals surface area contributed by atoms with Crippen LogP contribution >= 0.6 is 0 Å². The first-order chi connectivity index (χ1) is 21.7. The SMILES string of the molecule is N#Cc1ccc(-c2cc(-c3ccccc3)n(-c3cccc(-n4nc(-c5ccc(C#N)cc5)cc4-c4ccccc4)n3)n2)cc1. The van der Waals surface area contributed by atoms with Crippen LogP contribution in [0.5, 0.6) is 0 Å². The van der Waals surface area contributed by atoms with Crippen LogP contribution < -0.4 is 0 Å². The Kier molecular flexibility index (Phi) is 6.80. The molecule has 0 atom stereocenters. The van der Waals surface area contributed by atoms with Crippen LogP contribution in [-0.2, 0) is 0 Å². The molecule has 0 saturated carbocycles. The first-order valence-corrected chi connectivity index (χ1v) is 14.0. The molecule has 4 aromatic carbocycles. The van der Waals surface area contributed by atoms with E-state index in [0.717, 1.165) is 45.0 Å². The fourth-order valence-corrected chi connectivity index (χ4v) is 5.10. The number of hydrogen-bond donors (Lipinski definition) is 0. The highest BCUT2D eigenvalue weighted by Gasteiger charge is 2.18. The number of benzene rings is 4. The molecule has 0 spiro atoms. The highest BCUT2D eigenvalue weighted by molar-refractivity contribution is 5.72. The van der Waals surface area contributed by atoms with Crippen LogP contribution in [0.15, 0.2) is 140 Å². The van der Waals surface area contributed by atoms with Gasteiger partial charge in [0, 0.05) is 22.3 Å². The van der Waals surface area contributed by atoms with Crippen LogP contribution in [0.3, 0.4) is 0 Å². The predicted molar refractivity (Wildman–Crippen MR) is 170 cm³/mol. The molecule has 0 N–H and O–H groups in total. The zero-order valence-electron chi connectivity index (χ0n) is 23.4. The van der Waals surface area contributed by atoms with Gasteiger partial charge in [-0.15, -0.1) is 0 Å². The van der Waals surface area contributed by atoms with E-state index in [2.05, 4.69) is 12.1 Å². The maximum atomic E-state index is 9.25. The number of nitrogens with zero attached hydrogens (tertiary/aromatic N) is 7. The highest BCUT2D eigenvalue weighted by atomic mass is 15.4. The lowest BCUT2D eigenvalue weighted by atomic mass is 10.1. The van der Waals surface area contributed by atoms with Crippen molar-refractivity contribution in [3.8, 4) is 68.8 Å². The van der Waals surface area contributed by atoms with Gasteiger partial charge < -0.3 is 0 Å². The largest absolute Gasteiger partial charge is 0.214 e. The van der Waals surface area contributed by atoms with Crippen LogP contribution in [-0.4, -0.2) is 24.5 Å². The van der Waals surface area contributed by atoms with Crippen molar-refractivity contribution in [2.75, 3.05) is 0 Å². The summed E-state index contributed by atoms with van der Waals surface area (Å²) in [5, 5.41) is 28.5. The highest BCUT2D eigenvalue weighted by Crippen LogP contribution is 2.31. The van der Waals surface area contributed by atoms with E-state index in [1.54, 1.807) is 24.3 Å². The van der Waals surface area contributed by atoms with E-state index in [4.69, 9.17) is 15.2 Å². The fourth-order valence-electron chi connectivity index (χ4n) is 5.10. The zero-order valence-corrected chi connectivity index (χ0v) is 23.4. The van der Waals surface area contributed by atoms with Crippen LogP contribution in [0.1, 0.15) is 11.1 Å². The second-order valence-corrected chi connectivity index (χ2v) is 10.1. The van der Waals surface area contributed by atoms with E-state index in [0.29, 0.717) is 22.8 Å². The number of hydrogen-bond acceptors (Lipinski definition) is 5. The summed E-state index contributed by atoms with van der Waals surface area (Å²) in [6.07, 6.45) is 0. The average Bonchev–Trinajstić information content (AvgIpc) is 3.76.